The normalized spacial score (nSPS) is 21.6. The second kappa shape index (κ2) is 3.95. The van der Waals surface area contributed by atoms with Crippen molar-refractivity contribution in [2.24, 2.45) is 0 Å². The Hall–Kier alpha value is -0.120. The fraction of sp³-hybridized carbons (Fsp3) is 0.200. The Morgan fingerprint density at radius 1 is 1.31 bits per heavy atom. The van der Waals surface area contributed by atoms with Gasteiger partial charge in [0, 0.05) is 4.91 Å². The molecular formula is C10H10S3. The van der Waals surface area contributed by atoms with Crippen molar-refractivity contribution in [1.82, 2.24) is 0 Å². The Kier molecular flexibility index (Phi) is 2.86. The average Bonchev–Trinajstić information content (AvgIpc) is 2.53. The third kappa shape index (κ3) is 2.03. The molecule has 0 N–H and O–H groups in total. The number of hydrogen-bond acceptors (Lipinski definition) is 2. The topological polar surface area (TPSA) is 0 Å². The van der Waals surface area contributed by atoms with Gasteiger partial charge in [0.25, 0.3) is 0 Å². The van der Waals surface area contributed by atoms with Crippen molar-refractivity contribution < 1.29 is 0 Å². The van der Waals surface area contributed by atoms with Crippen LogP contribution in [0.5, 0.6) is 0 Å². The molecule has 0 amide bonds. The molecule has 68 valence electrons. The van der Waals surface area contributed by atoms with E-state index in [-0.39, 0.29) is 9.45 Å². The van der Waals surface area contributed by atoms with Crippen LogP contribution >= 0.6 is 11.8 Å². The minimum absolute atomic E-state index is 0.0392. The van der Waals surface area contributed by atoms with Gasteiger partial charge in [0.2, 0.25) is 0 Å². The van der Waals surface area contributed by atoms with Gasteiger partial charge in [-0.1, -0.05) is 39.3 Å². The van der Waals surface area contributed by atoms with Crippen LogP contribution in [-0.2, 0) is 20.6 Å². The van der Waals surface area contributed by atoms with E-state index in [9.17, 15) is 0 Å². The maximum atomic E-state index is 5.38. The molecular weight excluding hydrogens is 216 g/mol. The maximum Gasteiger partial charge on any atom is 0.0525 e. The molecule has 0 saturated heterocycles. The van der Waals surface area contributed by atoms with Crippen molar-refractivity contribution in [2.75, 3.05) is 5.08 Å². The molecule has 0 saturated carbocycles. The molecule has 0 radical (unpaired) electrons. The first-order chi connectivity index (χ1) is 6.27. The zero-order valence-electron chi connectivity index (χ0n) is 7.32. The van der Waals surface area contributed by atoms with Gasteiger partial charge in [-0.2, -0.15) is 0 Å². The third-order valence-corrected chi connectivity index (χ3v) is 6.15. The molecule has 0 aromatic heterocycles. The molecule has 1 aromatic carbocycles. The Bertz CT molecular complexity index is 362. The first-order valence-corrected chi connectivity index (χ1v) is 7.41. The Morgan fingerprint density at radius 2 is 2.00 bits per heavy atom. The summed E-state index contributed by atoms with van der Waals surface area (Å²) in [4.78, 5) is 1.35. The molecule has 0 bridgehead atoms. The summed E-state index contributed by atoms with van der Waals surface area (Å²) in [5.74, 6) is 0. The highest BCUT2D eigenvalue weighted by Crippen LogP contribution is 2.30. The van der Waals surface area contributed by atoms with E-state index in [2.05, 4.69) is 36.6 Å². The van der Waals surface area contributed by atoms with Crippen molar-refractivity contribution in [1.29, 1.82) is 0 Å². The van der Waals surface area contributed by atoms with Crippen molar-refractivity contribution in [2.45, 2.75) is 6.92 Å². The molecule has 1 aliphatic rings. The minimum Gasteiger partial charge on any atom is -0.121 e. The predicted molar refractivity (Wildman–Crippen MR) is 66.3 cm³/mol. The van der Waals surface area contributed by atoms with E-state index in [1.54, 1.807) is 0 Å². The lowest BCUT2D eigenvalue weighted by Gasteiger charge is -2.02. The van der Waals surface area contributed by atoms with E-state index in [4.69, 9.17) is 11.2 Å². The Labute approximate surface area is 90.0 Å². The van der Waals surface area contributed by atoms with Gasteiger partial charge >= 0.3 is 0 Å². The SMILES string of the molecule is Cc1ccc(C2=CSCS2=S)cc1. The summed E-state index contributed by atoms with van der Waals surface area (Å²) in [5, 5.41) is 3.29. The van der Waals surface area contributed by atoms with E-state index in [1.165, 1.54) is 16.0 Å². The largest absolute Gasteiger partial charge is 0.121 e. The monoisotopic (exact) mass is 226 g/mol. The first kappa shape index (κ1) is 9.44. The van der Waals surface area contributed by atoms with Crippen LogP contribution in [0.15, 0.2) is 29.7 Å². The van der Waals surface area contributed by atoms with Crippen LogP contribution in [0.2, 0.25) is 0 Å². The summed E-state index contributed by atoms with van der Waals surface area (Å²) in [6.07, 6.45) is 0. The van der Waals surface area contributed by atoms with Gasteiger partial charge in [0.1, 0.15) is 0 Å². The number of hydrogen-bond donors (Lipinski definition) is 0. The number of aryl methyl sites for hydroxylation is 1. The van der Waals surface area contributed by atoms with Crippen molar-refractivity contribution in [3.05, 3.63) is 40.8 Å². The van der Waals surface area contributed by atoms with E-state index in [1.807, 2.05) is 11.8 Å². The van der Waals surface area contributed by atoms with Gasteiger partial charge in [0.15, 0.2) is 0 Å². The highest BCUT2D eigenvalue weighted by atomic mass is 32.8. The lowest BCUT2D eigenvalue weighted by Crippen LogP contribution is -1.89. The molecule has 3 heteroatoms. The lowest BCUT2D eigenvalue weighted by atomic mass is 10.1. The lowest BCUT2D eigenvalue weighted by molar-refractivity contribution is 1.46. The predicted octanol–water partition coefficient (Wildman–Crippen LogP) is 3.08. The Morgan fingerprint density at radius 3 is 2.54 bits per heavy atom. The standard InChI is InChI=1S/C10H10S3/c1-8-2-4-9(5-3-8)10-6-12-7-13(10)11/h2-6H,7H2,1H3. The van der Waals surface area contributed by atoms with Gasteiger partial charge in [-0.05, 0) is 29.1 Å². The summed E-state index contributed by atoms with van der Waals surface area (Å²) < 4.78 is 0. The second-order valence-electron chi connectivity index (χ2n) is 2.98. The van der Waals surface area contributed by atoms with Gasteiger partial charge in [-0.3, -0.25) is 0 Å². The molecule has 0 aliphatic carbocycles. The van der Waals surface area contributed by atoms with Crippen molar-refractivity contribution in [3.8, 4) is 0 Å². The summed E-state index contributed by atoms with van der Waals surface area (Å²) >= 11 is 7.21. The quantitative estimate of drug-likeness (QED) is 0.722. The van der Waals surface area contributed by atoms with Gasteiger partial charge in [0.05, 0.1) is 5.08 Å². The Balaban J connectivity index is 2.36. The van der Waals surface area contributed by atoms with E-state index >= 15 is 0 Å². The first-order valence-electron chi connectivity index (χ1n) is 4.04. The van der Waals surface area contributed by atoms with E-state index in [0.29, 0.717) is 0 Å². The maximum absolute atomic E-state index is 5.38. The molecule has 1 heterocycles. The molecule has 1 aliphatic heterocycles. The van der Waals surface area contributed by atoms with Crippen LogP contribution in [0, 0.1) is 6.92 Å². The van der Waals surface area contributed by atoms with Crippen LogP contribution in [0.4, 0.5) is 0 Å². The molecule has 0 spiro atoms. The fourth-order valence-electron chi connectivity index (χ4n) is 1.21. The van der Waals surface area contributed by atoms with Crippen LogP contribution < -0.4 is 0 Å². The second-order valence-corrected chi connectivity index (χ2v) is 6.83. The molecule has 13 heavy (non-hydrogen) atoms. The summed E-state index contributed by atoms with van der Waals surface area (Å²) in [6.45, 7) is 2.11. The molecule has 0 fully saturated rings. The molecule has 1 unspecified atom stereocenters. The van der Waals surface area contributed by atoms with Crippen LogP contribution in [0.25, 0.3) is 4.91 Å². The fourth-order valence-corrected chi connectivity index (χ4v) is 4.94. The molecule has 1 aromatic rings. The van der Waals surface area contributed by atoms with Crippen molar-refractivity contribution >= 4 is 37.3 Å². The molecule has 0 nitrogen and oxygen atoms in total. The average molecular weight is 226 g/mol. The summed E-state index contributed by atoms with van der Waals surface area (Å²) in [7, 11) is 0.0392. The summed E-state index contributed by atoms with van der Waals surface area (Å²) in [5.41, 5.74) is 2.60. The zero-order chi connectivity index (χ0) is 9.26. The summed E-state index contributed by atoms with van der Waals surface area (Å²) in [6, 6.07) is 8.62. The number of rotatable bonds is 1. The highest BCUT2D eigenvalue weighted by Gasteiger charge is 2.11. The minimum atomic E-state index is 0.0392. The third-order valence-electron chi connectivity index (χ3n) is 1.95. The van der Waals surface area contributed by atoms with Gasteiger partial charge < -0.3 is 0 Å². The van der Waals surface area contributed by atoms with Gasteiger partial charge in [-0.25, -0.2) is 0 Å². The van der Waals surface area contributed by atoms with E-state index in [0.717, 1.165) is 5.08 Å². The zero-order valence-corrected chi connectivity index (χ0v) is 9.77. The van der Waals surface area contributed by atoms with Crippen LogP contribution in [-0.4, -0.2) is 5.08 Å². The smallest absolute Gasteiger partial charge is 0.0525 e. The van der Waals surface area contributed by atoms with Gasteiger partial charge in [-0.15, -0.1) is 11.8 Å². The molecule has 2 rings (SSSR count). The van der Waals surface area contributed by atoms with Crippen molar-refractivity contribution in [3.63, 3.8) is 0 Å². The van der Waals surface area contributed by atoms with Crippen LogP contribution in [0.3, 0.4) is 0 Å². The van der Waals surface area contributed by atoms with Crippen LogP contribution in [0.1, 0.15) is 11.1 Å². The molecule has 1 atom stereocenters. The highest BCUT2D eigenvalue weighted by molar-refractivity contribution is 8.40. The number of thioether (sulfide) groups is 1. The van der Waals surface area contributed by atoms with E-state index < -0.39 is 0 Å². The number of benzene rings is 1.